The molecule has 0 fully saturated rings. The highest BCUT2D eigenvalue weighted by Crippen LogP contribution is 2.16. The maximum absolute atomic E-state index is 12.1. The van der Waals surface area contributed by atoms with Gasteiger partial charge in [0.1, 0.15) is 0 Å². The fourth-order valence-corrected chi connectivity index (χ4v) is 1.87. The third-order valence-electron chi connectivity index (χ3n) is 2.59. The van der Waals surface area contributed by atoms with Crippen LogP contribution < -0.4 is 16.6 Å². The zero-order valence-corrected chi connectivity index (χ0v) is 11.4. The number of hydrogen-bond acceptors (Lipinski definition) is 4. The average Bonchev–Trinajstić information content (AvgIpc) is 2.27. The van der Waals surface area contributed by atoms with Crippen molar-refractivity contribution in [3.8, 4) is 0 Å². The molecular weight excluding hydrogens is 228 g/mol. The second-order valence-corrected chi connectivity index (χ2v) is 4.83. The van der Waals surface area contributed by atoms with Gasteiger partial charge in [-0.05, 0) is 40.1 Å². The van der Waals surface area contributed by atoms with Gasteiger partial charge in [-0.25, -0.2) is 0 Å². The Morgan fingerprint density at radius 2 is 2.11 bits per heavy atom. The smallest absolute Gasteiger partial charge is 0.253 e. The Kier molecular flexibility index (Phi) is 5.12. The number of rotatable bonds is 5. The van der Waals surface area contributed by atoms with E-state index in [0.717, 1.165) is 12.1 Å². The van der Waals surface area contributed by atoms with E-state index >= 15 is 0 Å². The first-order chi connectivity index (χ1) is 8.43. The number of benzene rings is 1. The van der Waals surface area contributed by atoms with Gasteiger partial charge in [0.15, 0.2) is 0 Å². The van der Waals surface area contributed by atoms with E-state index in [-0.39, 0.29) is 11.9 Å². The minimum absolute atomic E-state index is 0.0821. The molecule has 1 amide bonds. The van der Waals surface area contributed by atoms with Gasteiger partial charge < -0.3 is 15.6 Å². The number of amides is 1. The van der Waals surface area contributed by atoms with Crippen LogP contribution in [0.15, 0.2) is 18.2 Å². The van der Waals surface area contributed by atoms with Gasteiger partial charge in [-0.1, -0.05) is 11.6 Å². The summed E-state index contributed by atoms with van der Waals surface area (Å²) >= 11 is 0. The number of likely N-dealkylation sites (N-methyl/N-ethyl adjacent to an activating group) is 1. The number of nitrogens with zero attached hydrogens (tertiary/aromatic N) is 1. The minimum Gasteiger partial charge on any atom is -0.348 e. The zero-order valence-electron chi connectivity index (χ0n) is 11.4. The van der Waals surface area contributed by atoms with E-state index in [1.165, 1.54) is 0 Å². The molecule has 0 saturated carbocycles. The molecule has 0 aliphatic carbocycles. The van der Waals surface area contributed by atoms with Gasteiger partial charge in [0.05, 0.1) is 11.3 Å². The molecular formula is C13H22N4O. The van der Waals surface area contributed by atoms with E-state index in [2.05, 4.69) is 10.7 Å². The third kappa shape index (κ3) is 4.01. The topological polar surface area (TPSA) is 70.4 Å². The largest absolute Gasteiger partial charge is 0.348 e. The summed E-state index contributed by atoms with van der Waals surface area (Å²) in [5.41, 5.74) is 4.78. The summed E-state index contributed by atoms with van der Waals surface area (Å²) in [5, 5.41) is 2.95. The normalized spacial score (nSPS) is 12.3. The summed E-state index contributed by atoms with van der Waals surface area (Å²) in [4.78, 5) is 14.2. The van der Waals surface area contributed by atoms with Crippen molar-refractivity contribution in [2.75, 3.05) is 26.1 Å². The van der Waals surface area contributed by atoms with E-state index in [9.17, 15) is 4.79 Å². The Morgan fingerprint density at radius 1 is 1.44 bits per heavy atom. The first-order valence-electron chi connectivity index (χ1n) is 5.97. The summed E-state index contributed by atoms with van der Waals surface area (Å²) in [5.74, 6) is 5.30. The Bertz CT molecular complexity index is 417. The second-order valence-electron chi connectivity index (χ2n) is 4.83. The minimum atomic E-state index is -0.110. The zero-order chi connectivity index (χ0) is 13.7. The highest BCUT2D eigenvalue weighted by molar-refractivity contribution is 5.99. The highest BCUT2D eigenvalue weighted by Gasteiger charge is 2.14. The highest BCUT2D eigenvalue weighted by atomic mass is 16.1. The number of aryl methyl sites for hydroxylation is 1. The maximum Gasteiger partial charge on any atom is 0.253 e. The van der Waals surface area contributed by atoms with Crippen molar-refractivity contribution in [3.05, 3.63) is 29.3 Å². The van der Waals surface area contributed by atoms with Crippen LogP contribution in [0.5, 0.6) is 0 Å². The van der Waals surface area contributed by atoms with Gasteiger partial charge in [-0.3, -0.25) is 10.6 Å². The summed E-state index contributed by atoms with van der Waals surface area (Å²) < 4.78 is 0. The first kappa shape index (κ1) is 14.5. The van der Waals surface area contributed by atoms with Crippen molar-refractivity contribution < 1.29 is 4.79 Å². The number of carbonyl (C=O) groups excluding carboxylic acids is 1. The molecule has 0 saturated heterocycles. The maximum atomic E-state index is 12.1. The van der Waals surface area contributed by atoms with Crippen LogP contribution in [0.4, 0.5) is 5.69 Å². The number of nitrogen functional groups attached to an aromatic ring is 1. The molecule has 5 nitrogen and oxygen atoms in total. The molecule has 0 spiro atoms. The summed E-state index contributed by atoms with van der Waals surface area (Å²) in [6.45, 7) is 4.71. The van der Waals surface area contributed by atoms with E-state index < -0.39 is 0 Å². The number of hydrazine groups is 1. The van der Waals surface area contributed by atoms with Gasteiger partial charge in [0.2, 0.25) is 0 Å². The predicted octanol–water partition coefficient (Wildman–Crippen LogP) is 0.961. The molecule has 1 aromatic rings. The van der Waals surface area contributed by atoms with Crippen LogP contribution in [-0.2, 0) is 0 Å². The van der Waals surface area contributed by atoms with Crippen LogP contribution in [0.1, 0.15) is 22.8 Å². The van der Waals surface area contributed by atoms with Crippen molar-refractivity contribution in [1.29, 1.82) is 0 Å². The molecule has 0 aliphatic heterocycles. The van der Waals surface area contributed by atoms with Gasteiger partial charge in [-0.15, -0.1) is 0 Å². The van der Waals surface area contributed by atoms with Crippen LogP contribution in [-0.4, -0.2) is 37.5 Å². The molecule has 0 bridgehead atoms. The van der Waals surface area contributed by atoms with Crippen molar-refractivity contribution in [2.24, 2.45) is 5.84 Å². The predicted molar refractivity (Wildman–Crippen MR) is 74.5 cm³/mol. The fraction of sp³-hybridized carbons (Fsp3) is 0.462. The number of carbonyl (C=O) groups is 1. The number of nitrogens with two attached hydrogens (primary N) is 1. The molecule has 4 N–H and O–H groups in total. The summed E-state index contributed by atoms with van der Waals surface area (Å²) in [6, 6.07) is 5.63. The van der Waals surface area contributed by atoms with Crippen LogP contribution in [0.25, 0.3) is 0 Å². The van der Waals surface area contributed by atoms with Gasteiger partial charge in [-0.2, -0.15) is 0 Å². The van der Waals surface area contributed by atoms with Gasteiger partial charge in [0, 0.05) is 12.6 Å². The first-order valence-corrected chi connectivity index (χ1v) is 5.97. The van der Waals surface area contributed by atoms with Crippen LogP contribution >= 0.6 is 0 Å². The second kappa shape index (κ2) is 6.37. The molecule has 18 heavy (non-hydrogen) atoms. The molecule has 0 aliphatic rings. The Balaban J connectivity index is 2.80. The summed E-state index contributed by atoms with van der Waals surface area (Å²) in [6.07, 6.45) is 0. The lowest BCUT2D eigenvalue weighted by Gasteiger charge is -2.19. The van der Waals surface area contributed by atoms with Crippen LogP contribution in [0.3, 0.4) is 0 Å². The molecule has 100 valence electrons. The quantitative estimate of drug-likeness (QED) is 0.538. The molecule has 5 heteroatoms. The molecule has 1 atom stereocenters. The van der Waals surface area contributed by atoms with Crippen molar-refractivity contribution >= 4 is 11.6 Å². The third-order valence-corrected chi connectivity index (χ3v) is 2.59. The van der Waals surface area contributed by atoms with Crippen molar-refractivity contribution in [1.82, 2.24) is 10.2 Å². The average molecular weight is 250 g/mol. The molecule has 0 heterocycles. The van der Waals surface area contributed by atoms with Crippen LogP contribution in [0, 0.1) is 6.92 Å². The lowest BCUT2D eigenvalue weighted by atomic mass is 10.1. The number of nitrogens with one attached hydrogen (secondary N) is 2. The lowest BCUT2D eigenvalue weighted by Crippen LogP contribution is -2.39. The molecule has 1 aromatic carbocycles. The lowest BCUT2D eigenvalue weighted by molar-refractivity contribution is 0.0935. The fourth-order valence-electron chi connectivity index (χ4n) is 1.87. The standard InChI is InChI=1S/C13H22N4O/c1-9-5-6-12(16-14)11(7-9)13(18)15-10(2)8-17(3)4/h5-7,10,16H,8,14H2,1-4H3,(H,15,18). The van der Waals surface area contributed by atoms with E-state index in [4.69, 9.17) is 5.84 Å². The van der Waals surface area contributed by atoms with Crippen LogP contribution in [0.2, 0.25) is 0 Å². The number of anilines is 1. The SMILES string of the molecule is Cc1ccc(NN)c(C(=O)NC(C)CN(C)C)c1. The molecule has 0 radical (unpaired) electrons. The van der Waals surface area contributed by atoms with E-state index in [1.54, 1.807) is 6.07 Å². The summed E-state index contributed by atoms with van der Waals surface area (Å²) in [7, 11) is 3.95. The Hall–Kier alpha value is -1.59. The Morgan fingerprint density at radius 3 is 2.67 bits per heavy atom. The van der Waals surface area contributed by atoms with Gasteiger partial charge in [0.25, 0.3) is 5.91 Å². The Labute approximate surface area is 108 Å². The van der Waals surface area contributed by atoms with Gasteiger partial charge >= 0.3 is 0 Å². The monoisotopic (exact) mass is 250 g/mol. The van der Waals surface area contributed by atoms with Crippen molar-refractivity contribution in [3.63, 3.8) is 0 Å². The molecule has 1 rings (SSSR count). The molecule has 1 unspecified atom stereocenters. The van der Waals surface area contributed by atoms with E-state index in [0.29, 0.717) is 11.3 Å². The van der Waals surface area contributed by atoms with Crippen molar-refractivity contribution in [2.45, 2.75) is 19.9 Å². The molecule has 0 aromatic heterocycles. The van der Waals surface area contributed by atoms with E-state index in [1.807, 2.05) is 45.0 Å². The number of hydrogen-bond donors (Lipinski definition) is 3.